The van der Waals surface area contributed by atoms with Crippen LogP contribution < -0.4 is 26.0 Å². The van der Waals surface area contributed by atoms with Crippen molar-refractivity contribution in [1.82, 2.24) is 21.3 Å². The molecular formula is C34H36N4O6S2. The Labute approximate surface area is 278 Å². The van der Waals surface area contributed by atoms with Crippen molar-refractivity contribution in [2.45, 2.75) is 39.5 Å². The molecule has 0 bridgehead atoms. The lowest BCUT2D eigenvalue weighted by atomic mass is 9.95. The van der Waals surface area contributed by atoms with E-state index in [9.17, 15) is 14.7 Å². The molecule has 2 atom stereocenters. The maximum atomic E-state index is 12.8. The Kier molecular flexibility index (Phi) is 11.7. The lowest BCUT2D eigenvalue weighted by Crippen LogP contribution is -2.45. The minimum atomic E-state index is -0.386. The smallest absolute Gasteiger partial charge is 0.338 e. The second kappa shape index (κ2) is 15.9. The van der Waals surface area contributed by atoms with E-state index >= 15 is 0 Å². The molecule has 5 rings (SSSR count). The normalized spacial score (nSPS) is 17.3. The van der Waals surface area contributed by atoms with E-state index in [2.05, 4.69) is 21.3 Å². The third-order valence-corrected chi connectivity index (χ3v) is 7.58. The highest BCUT2D eigenvalue weighted by Crippen LogP contribution is 2.30. The van der Waals surface area contributed by atoms with Gasteiger partial charge >= 0.3 is 11.9 Å². The lowest BCUT2D eigenvalue weighted by molar-refractivity contribution is -0.141. The number of methoxy groups -OCH3 is 1. The summed E-state index contributed by atoms with van der Waals surface area (Å²) in [6.07, 6.45) is 0. The fraction of sp³-hybridized carbons (Fsp3) is 0.235. The average Bonchev–Trinajstić information content (AvgIpc) is 3.04. The van der Waals surface area contributed by atoms with Crippen LogP contribution in [0.2, 0.25) is 0 Å². The third kappa shape index (κ3) is 8.61. The number of hydrogen-bond donors (Lipinski definition) is 5. The Bertz CT molecular complexity index is 1640. The molecule has 12 heteroatoms. The van der Waals surface area contributed by atoms with Crippen LogP contribution in [0.25, 0.3) is 0 Å². The third-order valence-electron chi connectivity index (χ3n) is 7.14. The summed E-state index contributed by atoms with van der Waals surface area (Å²) in [4.78, 5) is 24.9. The summed E-state index contributed by atoms with van der Waals surface area (Å²) in [5.74, 6) is 0.156. The second-order valence-electron chi connectivity index (χ2n) is 10.3. The molecule has 0 spiro atoms. The van der Waals surface area contributed by atoms with Gasteiger partial charge in [0.25, 0.3) is 0 Å². The van der Waals surface area contributed by atoms with Crippen LogP contribution in [0, 0.1) is 0 Å². The molecule has 3 aromatic rings. The molecule has 0 saturated carbocycles. The molecule has 0 fully saturated rings. The van der Waals surface area contributed by atoms with Crippen LogP contribution in [0.1, 0.15) is 49.5 Å². The van der Waals surface area contributed by atoms with E-state index in [0.29, 0.717) is 39.4 Å². The Hall–Kier alpha value is -4.94. The number of phenols is 1. The van der Waals surface area contributed by atoms with Gasteiger partial charge in [0.15, 0.2) is 10.2 Å². The Morgan fingerprint density at radius 3 is 1.70 bits per heavy atom. The number of rotatable bonds is 8. The van der Waals surface area contributed by atoms with Crippen molar-refractivity contribution in [3.8, 4) is 11.5 Å². The van der Waals surface area contributed by atoms with Gasteiger partial charge in [0.05, 0.1) is 36.9 Å². The van der Waals surface area contributed by atoms with Gasteiger partial charge in [-0.05, 0) is 86.2 Å². The van der Waals surface area contributed by atoms with E-state index in [-0.39, 0.29) is 36.4 Å². The quantitative estimate of drug-likeness (QED) is 0.165. The minimum Gasteiger partial charge on any atom is -0.508 e. The highest BCUT2D eigenvalue weighted by Gasteiger charge is 2.32. The molecule has 10 nitrogen and oxygen atoms in total. The summed E-state index contributed by atoms with van der Waals surface area (Å²) in [6, 6.07) is 23.0. The van der Waals surface area contributed by atoms with E-state index < -0.39 is 0 Å². The summed E-state index contributed by atoms with van der Waals surface area (Å²) in [5.41, 5.74) is 5.03. The molecular weight excluding hydrogens is 625 g/mol. The van der Waals surface area contributed by atoms with Crippen LogP contribution >= 0.6 is 24.4 Å². The van der Waals surface area contributed by atoms with E-state index in [0.717, 1.165) is 22.4 Å². The number of aromatic hydroxyl groups is 1. The number of carbonyl (C=O) groups is 2. The van der Waals surface area contributed by atoms with Gasteiger partial charge < -0.3 is 40.6 Å². The molecule has 2 unspecified atom stereocenters. The van der Waals surface area contributed by atoms with Crippen LogP contribution in [0.3, 0.4) is 0 Å². The maximum absolute atomic E-state index is 12.8. The molecule has 240 valence electrons. The van der Waals surface area contributed by atoms with Crippen molar-refractivity contribution in [3.05, 3.63) is 118 Å². The van der Waals surface area contributed by atoms with Gasteiger partial charge in [-0.1, -0.05) is 54.6 Å². The van der Waals surface area contributed by atoms with E-state index in [4.69, 9.17) is 38.6 Å². The Morgan fingerprint density at radius 2 is 1.22 bits per heavy atom. The van der Waals surface area contributed by atoms with Crippen molar-refractivity contribution < 1.29 is 28.9 Å². The van der Waals surface area contributed by atoms with Crippen LogP contribution in [-0.2, 0) is 25.7 Å². The summed E-state index contributed by atoms with van der Waals surface area (Å²) < 4.78 is 15.8. The SMILES string of the molecule is CCOC(=O)C1=C(C)NC(=S)NC1c1ccc(O)cc1.COc1ccc(C2NC(=S)NC(C)=C2C(=O)OCc2ccccc2)cc1. The van der Waals surface area contributed by atoms with Crippen molar-refractivity contribution in [3.63, 3.8) is 0 Å². The monoisotopic (exact) mass is 660 g/mol. The van der Waals surface area contributed by atoms with Crippen molar-refractivity contribution >= 4 is 46.6 Å². The highest BCUT2D eigenvalue weighted by atomic mass is 32.1. The molecule has 0 saturated heterocycles. The van der Waals surface area contributed by atoms with Gasteiger partial charge in [-0.15, -0.1) is 0 Å². The molecule has 46 heavy (non-hydrogen) atoms. The molecule has 2 aliphatic heterocycles. The number of allylic oxidation sites excluding steroid dienone is 2. The van der Waals surface area contributed by atoms with Gasteiger partial charge in [-0.3, -0.25) is 0 Å². The Morgan fingerprint density at radius 1 is 0.739 bits per heavy atom. The standard InChI is InChI=1S/C20H20N2O3S.C14H16N2O3S/c1-13-17(19(23)25-12-14-6-4-3-5-7-14)18(22-20(26)21-13)15-8-10-16(24-2)11-9-15;1-3-19-13(18)11-8(2)15-14(20)16-12(11)9-4-6-10(17)7-5-9/h3-11,18H,12H2,1-2H3,(H2,21,22,26);4-7,12,17H,3H2,1-2H3,(H2,15,16,20). The molecule has 5 N–H and O–H groups in total. The largest absolute Gasteiger partial charge is 0.508 e. The van der Waals surface area contributed by atoms with Crippen LogP contribution in [0.5, 0.6) is 11.5 Å². The van der Waals surface area contributed by atoms with Crippen molar-refractivity contribution in [1.29, 1.82) is 0 Å². The number of esters is 2. The molecule has 2 heterocycles. The van der Waals surface area contributed by atoms with E-state index in [1.807, 2.05) is 61.5 Å². The first-order valence-electron chi connectivity index (χ1n) is 14.5. The Balaban J connectivity index is 0.000000216. The van der Waals surface area contributed by atoms with E-state index in [1.165, 1.54) is 0 Å². The summed E-state index contributed by atoms with van der Waals surface area (Å²) in [7, 11) is 1.61. The fourth-order valence-electron chi connectivity index (χ4n) is 4.90. The molecule has 0 aliphatic carbocycles. The summed E-state index contributed by atoms with van der Waals surface area (Å²) >= 11 is 10.4. The van der Waals surface area contributed by atoms with Crippen molar-refractivity contribution in [2.75, 3.05) is 13.7 Å². The van der Waals surface area contributed by atoms with Gasteiger partial charge in [0.2, 0.25) is 0 Å². The zero-order valence-electron chi connectivity index (χ0n) is 25.9. The first-order chi connectivity index (χ1) is 22.1. The average molecular weight is 661 g/mol. The summed E-state index contributed by atoms with van der Waals surface area (Å²) in [5, 5.41) is 22.4. The zero-order chi connectivity index (χ0) is 33.2. The van der Waals surface area contributed by atoms with Crippen LogP contribution in [-0.4, -0.2) is 41.0 Å². The number of thiocarbonyl (C=S) groups is 2. The second-order valence-corrected chi connectivity index (χ2v) is 11.1. The predicted molar refractivity (Wildman–Crippen MR) is 183 cm³/mol. The van der Waals surface area contributed by atoms with Gasteiger partial charge in [-0.2, -0.15) is 0 Å². The number of hydrogen-bond acceptors (Lipinski definition) is 8. The molecule has 0 radical (unpaired) electrons. The molecule has 2 aliphatic rings. The first kappa shape index (κ1) is 33.9. The number of nitrogens with one attached hydrogen (secondary N) is 4. The zero-order valence-corrected chi connectivity index (χ0v) is 27.5. The minimum absolute atomic E-state index is 0.170. The molecule has 0 amide bonds. The van der Waals surface area contributed by atoms with Crippen LogP contribution in [0.15, 0.2) is 101 Å². The number of benzene rings is 3. The number of phenolic OH excluding ortho intramolecular Hbond substituents is 1. The maximum Gasteiger partial charge on any atom is 0.338 e. The number of ether oxygens (including phenoxy) is 3. The lowest BCUT2D eigenvalue weighted by Gasteiger charge is -2.30. The molecule has 3 aromatic carbocycles. The van der Waals surface area contributed by atoms with Gasteiger partial charge in [0, 0.05) is 11.4 Å². The van der Waals surface area contributed by atoms with Crippen molar-refractivity contribution in [2.24, 2.45) is 0 Å². The predicted octanol–water partition coefficient (Wildman–Crippen LogP) is 4.98. The fourth-order valence-corrected chi connectivity index (χ4v) is 5.44. The topological polar surface area (TPSA) is 130 Å². The highest BCUT2D eigenvalue weighted by molar-refractivity contribution is 7.80. The first-order valence-corrected chi connectivity index (χ1v) is 15.3. The van der Waals surface area contributed by atoms with Gasteiger partial charge in [-0.25, -0.2) is 9.59 Å². The van der Waals surface area contributed by atoms with Crippen LogP contribution in [0.4, 0.5) is 0 Å². The molecule has 0 aromatic heterocycles. The summed E-state index contributed by atoms with van der Waals surface area (Å²) in [6.45, 7) is 5.89. The van der Waals surface area contributed by atoms with E-state index in [1.54, 1.807) is 45.2 Å². The van der Waals surface area contributed by atoms with Gasteiger partial charge in [0.1, 0.15) is 18.1 Å². The number of carbonyl (C=O) groups excluding carboxylic acids is 2.